The molecule has 16 heavy (non-hydrogen) atoms. The second kappa shape index (κ2) is 7.25. The fourth-order valence-corrected chi connectivity index (χ4v) is 2.50. The molecule has 1 amide bonds. The fraction of sp³-hybridized carbons (Fsp3) is 0.909. The number of ether oxygens (including phenoxy) is 2. The van der Waals surface area contributed by atoms with E-state index < -0.39 is 0 Å². The van der Waals surface area contributed by atoms with Gasteiger partial charge in [-0.1, -0.05) is 15.9 Å². The number of hydrogen-bond donors (Lipinski definition) is 0. The molecule has 1 saturated heterocycles. The Hall–Kier alpha value is -0.130. The molecule has 0 aromatic heterocycles. The molecule has 1 aliphatic rings. The molecule has 0 radical (unpaired) electrons. The lowest BCUT2D eigenvalue weighted by molar-refractivity contribution is -0.145. The largest absolute Gasteiger partial charge is 0.383 e. The quantitative estimate of drug-likeness (QED) is 0.720. The van der Waals surface area contributed by atoms with Crippen molar-refractivity contribution in [2.45, 2.75) is 30.2 Å². The monoisotopic (exact) mass is 293 g/mol. The number of carbonyl (C=O) groups is 1. The number of alkyl halides is 1. The lowest BCUT2D eigenvalue weighted by atomic mass is 10.1. The molecule has 0 saturated carbocycles. The van der Waals surface area contributed by atoms with Crippen LogP contribution < -0.4 is 0 Å². The van der Waals surface area contributed by atoms with Crippen molar-refractivity contribution in [3.8, 4) is 0 Å². The number of hydrogen-bond acceptors (Lipinski definition) is 3. The number of halogens is 1. The third-order valence-corrected chi connectivity index (χ3v) is 3.20. The SMILES string of the molecule is COCC(Br)CN(C)C(=O)C1CCCCO1. The van der Waals surface area contributed by atoms with E-state index in [1.165, 1.54) is 0 Å². The van der Waals surface area contributed by atoms with Gasteiger partial charge in [0.25, 0.3) is 5.91 Å². The maximum atomic E-state index is 12.0. The molecule has 0 N–H and O–H groups in total. The Bertz CT molecular complexity index is 219. The molecule has 4 nitrogen and oxygen atoms in total. The van der Waals surface area contributed by atoms with Crippen LogP contribution in [0.4, 0.5) is 0 Å². The highest BCUT2D eigenvalue weighted by Crippen LogP contribution is 2.15. The second-order valence-corrected chi connectivity index (χ2v) is 5.42. The number of rotatable bonds is 5. The summed E-state index contributed by atoms with van der Waals surface area (Å²) in [5.41, 5.74) is 0. The Balaban J connectivity index is 2.34. The average Bonchev–Trinajstić information content (AvgIpc) is 2.29. The van der Waals surface area contributed by atoms with Gasteiger partial charge in [-0.25, -0.2) is 0 Å². The Morgan fingerprint density at radius 3 is 2.94 bits per heavy atom. The van der Waals surface area contributed by atoms with Crippen LogP contribution in [0, 0.1) is 0 Å². The van der Waals surface area contributed by atoms with Gasteiger partial charge in [0.15, 0.2) is 0 Å². The van der Waals surface area contributed by atoms with Gasteiger partial charge in [-0.3, -0.25) is 4.79 Å². The van der Waals surface area contributed by atoms with E-state index in [9.17, 15) is 4.79 Å². The highest BCUT2D eigenvalue weighted by atomic mass is 79.9. The standard InChI is InChI=1S/C11H20BrNO3/c1-13(7-9(12)8-15-2)11(14)10-5-3-4-6-16-10/h9-10H,3-8H2,1-2H3. The summed E-state index contributed by atoms with van der Waals surface area (Å²) in [6, 6.07) is 0. The zero-order chi connectivity index (χ0) is 12.0. The molecule has 0 bridgehead atoms. The first-order chi connectivity index (χ1) is 7.65. The minimum atomic E-state index is -0.235. The Morgan fingerprint density at radius 1 is 1.62 bits per heavy atom. The van der Waals surface area contributed by atoms with Crippen LogP contribution in [0.2, 0.25) is 0 Å². The van der Waals surface area contributed by atoms with Crippen molar-refractivity contribution >= 4 is 21.8 Å². The van der Waals surface area contributed by atoms with E-state index >= 15 is 0 Å². The van der Waals surface area contributed by atoms with Crippen LogP contribution in [-0.2, 0) is 14.3 Å². The molecule has 2 unspecified atom stereocenters. The molecule has 2 atom stereocenters. The first-order valence-electron chi connectivity index (χ1n) is 5.64. The fourth-order valence-electron chi connectivity index (χ4n) is 1.80. The molecule has 1 fully saturated rings. The molecule has 94 valence electrons. The lowest BCUT2D eigenvalue weighted by Crippen LogP contribution is -2.42. The molecule has 0 spiro atoms. The van der Waals surface area contributed by atoms with Crippen LogP contribution in [0.15, 0.2) is 0 Å². The van der Waals surface area contributed by atoms with E-state index in [4.69, 9.17) is 9.47 Å². The number of methoxy groups -OCH3 is 1. The van der Waals surface area contributed by atoms with Gasteiger partial charge in [0.1, 0.15) is 6.10 Å². The molecular weight excluding hydrogens is 274 g/mol. The Labute approximate surface area is 105 Å². The van der Waals surface area contributed by atoms with Gasteiger partial charge in [0.05, 0.1) is 11.4 Å². The summed E-state index contributed by atoms with van der Waals surface area (Å²) in [5, 5.41) is 0. The number of amides is 1. The summed E-state index contributed by atoms with van der Waals surface area (Å²) >= 11 is 3.47. The van der Waals surface area contributed by atoms with Crippen molar-refractivity contribution in [3.05, 3.63) is 0 Å². The minimum absolute atomic E-state index is 0.0836. The van der Waals surface area contributed by atoms with Gasteiger partial charge < -0.3 is 14.4 Å². The normalized spacial score (nSPS) is 22.8. The number of carbonyl (C=O) groups excluding carboxylic acids is 1. The zero-order valence-electron chi connectivity index (χ0n) is 9.95. The predicted molar refractivity (Wildman–Crippen MR) is 65.8 cm³/mol. The van der Waals surface area contributed by atoms with E-state index in [1.807, 2.05) is 7.05 Å². The highest BCUT2D eigenvalue weighted by Gasteiger charge is 2.25. The molecule has 0 aromatic carbocycles. The van der Waals surface area contributed by atoms with Gasteiger partial charge in [-0.15, -0.1) is 0 Å². The average molecular weight is 294 g/mol. The van der Waals surface area contributed by atoms with Gasteiger partial charge in [-0.05, 0) is 19.3 Å². The van der Waals surface area contributed by atoms with Gasteiger partial charge >= 0.3 is 0 Å². The maximum Gasteiger partial charge on any atom is 0.251 e. The second-order valence-electron chi connectivity index (χ2n) is 4.13. The van der Waals surface area contributed by atoms with E-state index in [2.05, 4.69) is 15.9 Å². The molecule has 1 heterocycles. The molecule has 1 rings (SSSR count). The van der Waals surface area contributed by atoms with E-state index in [0.29, 0.717) is 19.8 Å². The van der Waals surface area contributed by atoms with Crippen molar-refractivity contribution in [2.75, 3.05) is 33.9 Å². The molecule has 1 aliphatic heterocycles. The Kier molecular flexibility index (Phi) is 6.31. The maximum absolute atomic E-state index is 12.0. The summed E-state index contributed by atoms with van der Waals surface area (Å²) in [6.45, 7) is 1.95. The number of nitrogens with zero attached hydrogens (tertiary/aromatic N) is 1. The molecule has 0 aliphatic carbocycles. The highest BCUT2D eigenvalue weighted by molar-refractivity contribution is 9.09. The van der Waals surface area contributed by atoms with Gasteiger partial charge in [-0.2, -0.15) is 0 Å². The first-order valence-corrected chi connectivity index (χ1v) is 6.56. The summed E-state index contributed by atoms with van der Waals surface area (Å²) in [6.07, 6.45) is 2.76. The van der Waals surface area contributed by atoms with Crippen molar-refractivity contribution in [1.82, 2.24) is 4.90 Å². The van der Waals surface area contributed by atoms with E-state index in [1.54, 1.807) is 12.0 Å². The summed E-state index contributed by atoms with van der Waals surface area (Å²) in [4.78, 5) is 13.9. The third-order valence-electron chi connectivity index (χ3n) is 2.65. The van der Waals surface area contributed by atoms with Crippen molar-refractivity contribution in [2.24, 2.45) is 0 Å². The smallest absolute Gasteiger partial charge is 0.251 e. The van der Waals surface area contributed by atoms with Gasteiger partial charge in [0, 0.05) is 27.3 Å². The Morgan fingerprint density at radius 2 is 2.38 bits per heavy atom. The summed E-state index contributed by atoms with van der Waals surface area (Å²) in [5.74, 6) is 0.0836. The first kappa shape index (κ1) is 13.9. The molecular formula is C11H20BrNO3. The van der Waals surface area contributed by atoms with Crippen LogP contribution in [0.1, 0.15) is 19.3 Å². The van der Waals surface area contributed by atoms with Crippen LogP contribution in [-0.4, -0.2) is 55.7 Å². The molecule has 0 aromatic rings. The van der Waals surface area contributed by atoms with Crippen molar-refractivity contribution in [1.29, 1.82) is 0 Å². The lowest BCUT2D eigenvalue weighted by Gasteiger charge is -2.27. The van der Waals surface area contributed by atoms with Crippen LogP contribution in [0.25, 0.3) is 0 Å². The topological polar surface area (TPSA) is 38.8 Å². The summed E-state index contributed by atoms with van der Waals surface area (Å²) in [7, 11) is 3.46. The van der Waals surface area contributed by atoms with E-state index in [-0.39, 0.29) is 16.8 Å². The van der Waals surface area contributed by atoms with Crippen molar-refractivity contribution < 1.29 is 14.3 Å². The minimum Gasteiger partial charge on any atom is -0.383 e. The van der Waals surface area contributed by atoms with Gasteiger partial charge in [0.2, 0.25) is 0 Å². The van der Waals surface area contributed by atoms with Crippen LogP contribution >= 0.6 is 15.9 Å². The van der Waals surface area contributed by atoms with Crippen LogP contribution in [0.3, 0.4) is 0 Å². The summed E-state index contributed by atoms with van der Waals surface area (Å²) < 4.78 is 10.5. The zero-order valence-corrected chi connectivity index (χ0v) is 11.5. The third kappa shape index (κ3) is 4.39. The van der Waals surface area contributed by atoms with Crippen molar-refractivity contribution in [3.63, 3.8) is 0 Å². The molecule has 5 heteroatoms. The van der Waals surface area contributed by atoms with E-state index in [0.717, 1.165) is 19.3 Å². The number of likely N-dealkylation sites (N-methyl/N-ethyl adjacent to an activating group) is 1. The van der Waals surface area contributed by atoms with Crippen LogP contribution in [0.5, 0.6) is 0 Å². The predicted octanol–water partition coefficient (Wildman–Crippen LogP) is 1.42.